The Bertz CT molecular complexity index is 170. The van der Waals surface area contributed by atoms with Crippen molar-refractivity contribution in [2.45, 2.75) is 33.1 Å². The largest absolute Gasteiger partial charge is 0.469 e. The molecule has 15 heavy (non-hydrogen) atoms. The van der Waals surface area contributed by atoms with E-state index in [1.807, 2.05) is 6.92 Å². The topological polar surface area (TPSA) is 44.8 Å². The predicted molar refractivity (Wildman–Crippen MR) is 57.2 cm³/mol. The molecule has 0 aromatic carbocycles. The van der Waals surface area contributed by atoms with Gasteiger partial charge in [-0.15, -0.1) is 0 Å². The molecule has 0 bridgehead atoms. The van der Waals surface area contributed by atoms with Crippen LogP contribution in [0.25, 0.3) is 0 Å². The van der Waals surface area contributed by atoms with Crippen molar-refractivity contribution in [2.24, 2.45) is 11.8 Å². The molecule has 0 radical (unpaired) electrons. The number of esters is 1. The highest BCUT2D eigenvalue weighted by atomic mass is 17.2. The Labute approximate surface area is 91.8 Å². The van der Waals surface area contributed by atoms with Crippen LogP contribution in [0.4, 0.5) is 0 Å². The highest BCUT2D eigenvalue weighted by Gasteiger charge is 2.21. The van der Waals surface area contributed by atoms with E-state index in [0.29, 0.717) is 12.5 Å². The van der Waals surface area contributed by atoms with Crippen LogP contribution in [0.15, 0.2) is 0 Å². The van der Waals surface area contributed by atoms with Gasteiger partial charge in [0, 0.05) is 0 Å². The average Bonchev–Trinajstić information content (AvgIpc) is 2.28. The van der Waals surface area contributed by atoms with Gasteiger partial charge in [-0.05, 0) is 18.8 Å². The number of carbonyl (C=O) groups excluding carboxylic acids is 1. The SMILES string of the molecule is CCC(COOC)CC(CC)C(=O)OC. The molecule has 0 aliphatic heterocycles. The van der Waals surface area contributed by atoms with Gasteiger partial charge in [0.25, 0.3) is 0 Å². The lowest BCUT2D eigenvalue weighted by atomic mass is 9.91. The molecular formula is C11H22O4. The number of hydrogen-bond donors (Lipinski definition) is 0. The minimum Gasteiger partial charge on any atom is -0.469 e. The summed E-state index contributed by atoms with van der Waals surface area (Å²) < 4.78 is 4.74. The molecule has 0 aliphatic carbocycles. The Kier molecular flexibility index (Phi) is 8.33. The maximum atomic E-state index is 11.4. The van der Waals surface area contributed by atoms with E-state index in [1.165, 1.54) is 14.2 Å². The quantitative estimate of drug-likeness (QED) is 0.356. The van der Waals surface area contributed by atoms with Gasteiger partial charge in [0.05, 0.1) is 26.7 Å². The molecule has 4 heteroatoms. The molecule has 0 rings (SSSR count). The van der Waals surface area contributed by atoms with Crippen LogP contribution >= 0.6 is 0 Å². The van der Waals surface area contributed by atoms with Crippen LogP contribution in [-0.4, -0.2) is 26.8 Å². The Balaban J connectivity index is 4.05. The summed E-state index contributed by atoms with van der Waals surface area (Å²) in [5.74, 6) is 0.183. The summed E-state index contributed by atoms with van der Waals surface area (Å²) in [7, 11) is 2.92. The van der Waals surface area contributed by atoms with Crippen LogP contribution in [0.2, 0.25) is 0 Å². The Morgan fingerprint density at radius 3 is 2.27 bits per heavy atom. The fourth-order valence-corrected chi connectivity index (χ4v) is 1.52. The number of ether oxygens (including phenoxy) is 1. The molecule has 4 nitrogen and oxygen atoms in total. The van der Waals surface area contributed by atoms with Crippen molar-refractivity contribution < 1.29 is 19.3 Å². The lowest BCUT2D eigenvalue weighted by molar-refractivity contribution is -0.280. The van der Waals surface area contributed by atoms with Crippen molar-refractivity contribution >= 4 is 5.97 Å². The molecule has 2 unspecified atom stereocenters. The summed E-state index contributed by atoms with van der Waals surface area (Å²) in [6.45, 7) is 4.60. The number of hydrogen-bond acceptors (Lipinski definition) is 4. The van der Waals surface area contributed by atoms with Crippen LogP contribution in [0, 0.1) is 11.8 Å². The van der Waals surface area contributed by atoms with Crippen LogP contribution in [0.3, 0.4) is 0 Å². The van der Waals surface area contributed by atoms with Gasteiger partial charge in [-0.1, -0.05) is 20.3 Å². The molecule has 0 spiro atoms. The predicted octanol–water partition coefficient (Wildman–Crippen LogP) is 2.18. The Morgan fingerprint density at radius 2 is 1.87 bits per heavy atom. The van der Waals surface area contributed by atoms with Crippen molar-refractivity contribution in [1.82, 2.24) is 0 Å². The van der Waals surface area contributed by atoms with E-state index in [1.54, 1.807) is 0 Å². The molecule has 0 aliphatic rings. The zero-order chi connectivity index (χ0) is 11.7. The fourth-order valence-electron chi connectivity index (χ4n) is 1.52. The molecule has 0 fully saturated rings. The van der Waals surface area contributed by atoms with Crippen molar-refractivity contribution in [2.75, 3.05) is 20.8 Å². The summed E-state index contributed by atoms with van der Waals surface area (Å²) in [6, 6.07) is 0. The summed E-state index contributed by atoms with van der Waals surface area (Å²) in [6.07, 6.45) is 2.57. The molecular weight excluding hydrogens is 196 g/mol. The highest BCUT2D eigenvalue weighted by Crippen LogP contribution is 2.20. The van der Waals surface area contributed by atoms with Crippen LogP contribution in [-0.2, 0) is 19.3 Å². The lowest BCUT2D eigenvalue weighted by Gasteiger charge is -2.19. The van der Waals surface area contributed by atoms with E-state index in [9.17, 15) is 4.79 Å². The third kappa shape index (κ3) is 5.74. The number of rotatable bonds is 8. The van der Waals surface area contributed by atoms with Gasteiger partial charge in [0.15, 0.2) is 0 Å². The molecule has 0 aromatic rings. The first-order valence-corrected chi connectivity index (χ1v) is 5.42. The number of methoxy groups -OCH3 is 1. The summed E-state index contributed by atoms with van der Waals surface area (Å²) >= 11 is 0. The van der Waals surface area contributed by atoms with E-state index in [-0.39, 0.29) is 11.9 Å². The van der Waals surface area contributed by atoms with E-state index in [2.05, 4.69) is 11.8 Å². The standard InChI is InChI=1S/C11H22O4/c1-5-9(8-15-14-4)7-10(6-2)11(12)13-3/h9-10H,5-8H2,1-4H3. The normalized spacial score (nSPS) is 14.7. The maximum Gasteiger partial charge on any atom is 0.308 e. The highest BCUT2D eigenvalue weighted by molar-refractivity contribution is 5.72. The first-order valence-electron chi connectivity index (χ1n) is 5.42. The molecule has 0 heterocycles. The Hall–Kier alpha value is -0.610. The third-order valence-corrected chi connectivity index (χ3v) is 2.64. The van der Waals surface area contributed by atoms with Crippen molar-refractivity contribution in [1.29, 1.82) is 0 Å². The first kappa shape index (κ1) is 14.4. The zero-order valence-corrected chi connectivity index (χ0v) is 10.1. The Morgan fingerprint density at radius 1 is 1.20 bits per heavy atom. The summed E-state index contributed by atoms with van der Waals surface area (Å²) in [5.41, 5.74) is 0. The minimum absolute atomic E-state index is 0.0274. The van der Waals surface area contributed by atoms with Gasteiger partial charge >= 0.3 is 5.97 Å². The monoisotopic (exact) mass is 218 g/mol. The van der Waals surface area contributed by atoms with Crippen molar-refractivity contribution in [3.63, 3.8) is 0 Å². The van der Waals surface area contributed by atoms with E-state index < -0.39 is 0 Å². The fraction of sp³-hybridized carbons (Fsp3) is 0.909. The van der Waals surface area contributed by atoms with Crippen molar-refractivity contribution in [3.05, 3.63) is 0 Å². The van der Waals surface area contributed by atoms with Gasteiger partial charge in [0.1, 0.15) is 0 Å². The lowest BCUT2D eigenvalue weighted by Crippen LogP contribution is -2.21. The van der Waals surface area contributed by atoms with Gasteiger partial charge in [-0.2, -0.15) is 0 Å². The average molecular weight is 218 g/mol. The van der Waals surface area contributed by atoms with E-state index >= 15 is 0 Å². The third-order valence-electron chi connectivity index (χ3n) is 2.64. The summed E-state index contributed by atoms with van der Waals surface area (Å²) in [4.78, 5) is 20.8. The molecule has 90 valence electrons. The molecule has 2 atom stereocenters. The molecule has 0 saturated carbocycles. The van der Waals surface area contributed by atoms with E-state index in [4.69, 9.17) is 9.62 Å². The number of carbonyl (C=O) groups is 1. The second-order valence-electron chi connectivity index (χ2n) is 3.59. The van der Waals surface area contributed by atoms with Gasteiger partial charge in [-0.25, -0.2) is 9.78 Å². The maximum absolute atomic E-state index is 11.4. The van der Waals surface area contributed by atoms with Crippen LogP contribution < -0.4 is 0 Å². The van der Waals surface area contributed by atoms with Crippen LogP contribution in [0.1, 0.15) is 33.1 Å². The van der Waals surface area contributed by atoms with Crippen LogP contribution in [0.5, 0.6) is 0 Å². The molecule has 0 N–H and O–H groups in total. The minimum atomic E-state index is -0.131. The first-order chi connectivity index (χ1) is 7.19. The zero-order valence-electron chi connectivity index (χ0n) is 10.1. The molecule has 0 amide bonds. The second-order valence-corrected chi connectivity index (χ2v) is 3.59. The van der Waals surface area contributed by atoms with Crippen molar-refractivity contribution in [3.8, 4) is 0 Å². The summed E-state index contributed by atoms with van der Waals surface area (Å²) in [5, 5.41) is 0. The van der Waals surface area contributed by atoms with E-state index in [0.717, 1.165) is 19.3 Å². The van der Waals surface area contributed by atoms with Gasteiger partial charge < -0.3 is 4.74 Å². The molecule has 0 saturated heterocycles. The molecule has 0 aromatic heterocycles. The van der Waals surface area contributed by atoms with Gasteiger partial charge in [-0.3, -0.25) is 4.79 Å². The van der Waals surface area contributed by atoms with Gasteiger partial charge in [0.2, 0.25) is 0 Å². The smallest absolute Gasteiger partial charge is 0.308 e. The second kappa shape index (κ2) is 8.68.